The minimum atomic E-state index is 0.588. The number of methoxy groups -OCH3 is 1. The number of aromatic nitrogens is 2. The van der Waals surface area contributed by atoms with Gasteiger partial charge in [-0.2, -0.15) is 5.10 Å². The molecule has 20 heavy (non-hydrogen) atoms. The van der Waals surface area contributed by atoms with Crippen LogP contribution in [0.1, 0.15) is 32.4 Å². The summed E-state index contributed by atoms with van der Waals surface area (Å²) in [6.07, 6.45) is 2.59. The number of rotatable bonds is 9. The van der Waals surface area contributed by atoms with E-state index in [1.54, 1.807) is 7.11 Å². The van der Waals surface area contributed by atoms with Crippen molar-refractivity contribution in [2.75, 3.05) is 31.7 Å². The molecule has 0 aromatic carbocycles. The van der Waals surface area contributed by atoms with Crippen LogP contribution in [0.5, 0.6) is 0 Å². The van der Waals surface area contributed by atoms with E-state index in [4.69, 9.17) is 4.74 Å². The summed E-state index contributed by atoms with van der Waals surface area (Å²) in [5.41, 5.74) is 1.01. The van der Waals surface area contributed by atoms with Crippen molar-refractivity contribution in [2.24, 2.45) is 5.92 Å². The van der Waals surface area contributed by atoms with Gasteiger partial charge in [0.2, 0.25) is 0 Å². The standard InChI is InChI=1S/C15H26N4O/c1-12(2)11-19(8-9-20-3)15-7-6-14(17-18-15)10-16-13-4-5-13/h6-7,12-13,16H,4-5,8-11H2,1-3H3. The lowest BCUT2D eigenvalue weighted by Gasteiger charge is -2.24. The first kappa shape index (κ1) is 15.2. The molecule has 112 valence electrons. The van der Waals surface area contributed by atoms with Crippen molar-refractivity contribution in [1.29, 1.82) is 0 Å². The van der Waals surface area contributed by atoms with Gasteiger partial charge in [-0.05, 0) is 30.9 Å². The summed E-state index contributed by atoms with van der Waals surface area (Å²) in [6, 6.07) is 4.84. The van der Waals surface area contributed by atoms with Gasteiger partial charge >= 0.3 is 0 Å². The molecule has 1 fully saturated rings. The van der Waals surface area contributed by atoms with Gasteiger partial charge in [-0.15, -0.1) is 5.10 Å². The zero-order valence-electron chi connectivity index (χ0n) is 12.8. The van der Waals surface area contributed by atoms with Crippen molar-refractivity contribution in [2.45, 2.75) is 39.3 Å². The van der Waals surface area contributed by atoms with E-state index in [1.165, 1.54) is 12.8 Å². The molecule has 0 spiro atoms. The van der Waals surface area contributed by atoms with E-state index < -0.39 is 0 Å². The average Bonchev–Trinajstić information content (AvgIpc) is 3.25. The van der Waals surface area contributed by atoms with Crippen LogP contribution in [0, 0.1) is 5.92 Å². The second-order valence-electron chi connectivity index (χ2n) is 5.87. The second kappa shape index (κ2) is 7.55. The van der Waals surface area contributed by atoms with Crippen LogP contribution in [-0.4, -0.2) is 43.0 Å². The monoisotopic (exact) mass is 278 g/mol. The molecule has 0 radical (unpaired) electrons. The molecule has 1 heterocycles. The largest absolute Gasteiger partial charge is 0.383 e. The van der Waals surface area contributed by atoms with Crippen molar-refractivity contribution in [3.63, 3.8) is 0 Å². The van der Waals surface area contributed by atoms with Gasteiger partial charge in [0, 0.05) is 32.8 Å². The normalized spacial score (nSPS) is 14.8. The van der Waals surface area contributed by atoms with Crippen LogP contribution in [0.15, 0.2) is 12.1 Å². The van der Waals surface area contributed by atoms with E-state index in [0.717, 1.165) is 31.1 Å². The van der Waals surface area contributed by atoms with E-state index in [0.29, 0.717) is 18.6 Å². The Labute approximate surface area is 121 Å². The Bertz CT molecular complexity index is 389. The molecule has 1 N–H and O–H groups in total. The Morgan fingerprint density at radius 1 is 1.35 bits per heavy atom. The van der Waals surface area contributed by atoms with Gasteiger partial charge < -0.3 is 15.0 Å². The predicted molar refractivity (Wildman–Crippen MR) is 80.8 cm³/mol. The summed E-state index contributed by atoms with van der Waals surface area (Å²) in [7, 11) is 1.73. The zero-order chi connectivity index (χ0) is 14.4. The van der Waals surface area contributed by atoms with Gasteiger partial charge in [-0.25, -0.2) is 0 Å². The van der Waals surface area contributed by atoms with Crippen LogP contribution in [-0.2, 0) is 11.3 Å². The number of ether oxygens (including phenoxy) is 1. The summed E-state index contributed by atoms with van der Waals surface area (Å²) < 4.78 is 5.17. The fourth-order valence-corrected chi connectivity index (χ4v) is 2.09. The molecule has 0 unspecified atom stereocenters. The Balaban J connectivity index is 1.92. The predicted octanol–water partition coefficient (Wildman–Crippen LogP) is 1.84. The molecule has 0 bridgehead atoms. The summed E-state index contributed by atoms with van der Waals surface area (Å²) >= 11 is 0. The first-order chi connectivity index (χ1) is 9.69. The average molecular weight is 278 g/mol. The lowest BCUT2D eigenvalue weighted by Crippen LogP contribution is -2.32. The molecule has 1 aromatic heterocycles. The lowest BCUT2D eigenvalue weighted by atomic mass is 10.2. The minimum Gasteiger partial charge on any atom is -0.383 e. The summed E-state index contributed by atoms with van der Waals surface area (Å²) in [5, 5.41) is 12.1. The number of anilines is 1. The van der Waals surface area contributed by atoms with Gasteiger partial charge in [0.1, 0.15) is 0 Å². The van der Waals surface area contributed by atoms with Gasteiger partial charge in [0.05, 0.1) is 12.3 Å². The molecule has 5 heteroatoms. The molecule has 0 amide bonds. The topological polar surface area (TPSA) is 50.3 Å². The van der Waals surface area contributed by atoms with Crippen LogP contribution in [0.3, 0.4) is 0 Å². The maximum absolute atomic E-state index is 5.17. The van der Waals surface area contributed by atoms with Gasteiger partial charge in [-0.3, -0.25) is 0 Å². The third kappa shape index (κ3) is 5.06. The number of nitrogens with one attached hydrogen (secondary N) is 1. The molecule has 5 nitrogen and oxygen atoms in total. The third-order valence-electron chi connectivity index (χ3n) is 3.33. The van der Waals surface area contributed by atoms with Crippen LogP contribution >= 0.6 is 0 Å². The quantitative estimate of drug-likeness (QED) is 0.747. The Hall–Kier alpha value is -1.20. The molecular weight excluding hydrogens is 252 g/mol. The Morgan fingerprint density at radius 3 is 2.70 bits per heavy atom. The summed E-state index contributed by atoms with van der Waals surface area (Å²) in [4.78, 5) is 2.24. The maximum atomic E-state index is 5.17. The van der Waals surface area contributed by atoms with Crippen LogP contribution < -0.4 is 10.2 Å². The van der Waals surface area contributed by atoms with Crippen molar-refractivity contribution >= 4 is 5.82 Å². The smallest absolute Gasteiger partial charge is 0.151 e. The molecule has 0 saturated heterocycles. The first-order valence-electron chi connectivity index (χ1n) is 7.49. The van der Waals surface area contributed by atoms with Gasteiger partial charge in [0.25, 0.3) is 0 Å². The second-order valence-corrected chi connectivity index (χ2v) is 5.87. The summed E-state index contributed by atoms with van der Waals surface area (Å²) in [5.74, 6) is 1.52. The van der Waals surface area contributed by atoms with E-state index >= 15 is 0 Å². The van der Waals surface area contributed by atoms with Gasteiger partial charge in [0.15, 0.2) is 5.82 Å². The number of nitrogens with zero attached hydrogens (tertiary/aromatic N) is 3. The van der Waals surface area contributed by atoms with Crippen molar-refractivity contribution < 1.29 is 4.74 Å². The Kier molecular flexibility index (Phi) is 5.73. The Morgan fingerprint density at radius 2 is 2.15 bits per heavy atom. The van der Waals surface area contributed by atoms with Crippen LogP contribution in [0.25, 0.3) is 0 Å². The SMILES string of the molecule is COCCN(CC(C)C)c1ccc(CNC2CC2)nn1. The third-order valence-corrected chi connectivity index (χ3v) is 3.33. The molecule has 0 aliphatic heterocycles. The molecule has 2 rings (SSSR count). The number of hydrogen-bond donors (Lipinski definition) is 1. The fourth-order valence-electron chi connectivity index (χ4n) is 2.09. The zero-order valence-corrected chi connectivity index (χ0v) is 12.8. The molecule has 1 aliphatic carbocycles. The van der Waals surface area contributed by atoms with E-state index in [-0.39, 0.29) is 0 Å². The van der Waals surface area contributed by atoms with E-state index in [9.17, 15) is 0 Å². The van der Waals surface area contributed by atoms with Crippen molar-refractivity contribution in [3.05, 3.63) is 17.8 Å². The van der Waals surface area contributed by atoms with Crippen molar-refractivity contribution in [1.82, 2.24) is 15.5 Å². The van der Waals surface area contributed by atoms with Crippen molar-refractivity contribution in [3.8, 4) is 0 Å². The highest BCUT2D eigenvalue weighted by molar-refractivity contribution is 5.37. The van der Waals surface area contributed by atoms with E-state index in [2.05, 4.69) is 46.4 Å². The highest BCUT2D eigenvalue weighted by atomic mass is 16.5. The maximum Gasteiger partial charge on any atom is 0.151 e. The highest BCUT2D eigenvalue weighted by Gasteiger charge is 2.20. The van der Waals surface area contributed by atoms with E-state index in [1.807, 2.05) is 0 Å². The summed E-state index contributed by atoms with van der Waals surface area (Å²) in [6.45, 7) is 7.77. The van der Waals surface area contributed by atoms with Crippen LogP contribution in [0.4, 0.5) is 5.82 Å². The molecule has 1 saturated carbocycles. The molecule has 1 aromatic rings. The molecule has 1 aliphatic rings. The highest BCUT2D eigenvalue weighted by Crippen LogP contribution is 2.19. The molecule has 0 atom stereocenters. The van der Waals surface area contributed by atoms with Crippen LogP contribution in [0.2, 0.25) is 0 Å². The van der Waals surface area contributed by atoms with Gasteiger partial charge in [-0.1, -0.05) is 13.8 Å². The first-order valence-corrected chi connectivity index (χ1v) is 7.49. The number of hydrogen-bond acceptors (Lipinski definition) is 5. The lowest BCUT2D eigenvalue weighted by molar-refractivity contribution is 0.204. The molecular formula is C15H26N4O. The minimum absolute atomic E-state index is 0.588. The fraction of sp³-hybridized carbons (Fsp3) is 0.733.